The molecule has 1 aromatic rings. The van der Waals surface area contributed by atoms with Gasteiger partial charge in [-0.25, -0.2) is 10.5 Å². The average Bonchev–Trinajstić information content (AvgIpc) is 2.93. The molecule has 1 atom stereocenters. The molecule has 31 heavy (non-hydrogen) atoms. The van der Waals surface area contributed by atoms with Crippen LogP contribution in [0, 0.1) is 0 Å². The monoisotopic (exact) mass is 498 g/mol. The molecule has 1 aliphatic heterocycles. The highest BCUT2D eigenvalue weighted by molar-refractivity contribution is 7.94. The second-order valence-corrected chi connectivity index (χ2v) is 10.5. The van der Waals surface area contributed by atoms with Gasteiger partial charge in [0.2, 0.25) is 5.69 Å². The van der Waals surface area contributed by atoms with Gasteiger partial charge in [-0.2, -0.15) is 13.0 Å². The van der Waals surface area contributed by atoms with Gasteiger partial charge in [0.15, 0.2) is 5.71 Å². The average molecular weight is 499 g/mol. The van der Waals surface area contributed by atoms with Crippen LogP contribution in [0.5, 0.6) is 0 Å². The molecule has 1 heterocycles. The summed E-state index contributed by atoms with van der Waals surface area (Å²) in [5.74, 6) is 0.412. The maximum Gasteiger partial charge on any atom is 0.264 e. The fourth-order valence-corrected chi connectivity index (χ4v) is 5.23. The van der Waals surface area contributed by atoms with Crippen LogP contribution in [0.3, 0.4) is 0 Å². The zero-order chi connectivity index (χ0) is 22.9. The van der Waals surface area contributed by atoms with E-state index >= 15 is 0 Å². The highest BCUT2D eigenvalue weighted by Gasteiger charge is 2.46. The Morgan fingerprint density at radius 2 is 1.84 bits per heavy atom. The third kappa shape index (κ3) is 7.67. The molecule has 0 radical (unpaired) electrons. The van der Waals surface area contributed by atoms with Crippen LogP contribution in [-0.4, -0.2) is 51.8 Å². The second kappa shape index (κ2) is 12.5. The Kier molecular flexibility index (Phi) is 10.7. The Morgan fingerprint density at radius 1 is 1.10 bits per heavy atom. The maximum atomic E-state index is 11.0. The van der Waals surface area contributed by atoms with Gasteiger partial charge in [0.1, 0.15) is 6.54 Å². The molecule has 1 aromatic carbocycles. The van der Waals surface area contributed by atoms with Gasteiger partial charge in [-0.1, -0.05) is 16.5 Å². The van der Waals surface area contributed by atoms with Crippen molar-refractivity contribution in [3.63, 3.8) is 0 Å². The van der Waals surface area contributed by atoms with Crippen molar-refractivity contribution < 1.29 is 46.8 Å². The Bertz CT molecular complexity index is 863. The van der Waals surface area contributed by atoms with E-state index in [-0.39, 0.29) is 11.2 Å². The summed E-state index contributed by atoms with van der Waals surface area (Å²) in [6.07, 6.45) is 3.45. The van der Waals surface area contributed by atoms with Gasteiger partial charge >= 0.3 is 0 Å². The fourth-order valence-electron chi connectivity index (χ4n) is 3.83. The first-order valence-corrected chi connectivity index (χ1v) is 12.9. The quantitative estimate of drug-likeness (QED) is 0.0793. The summed E-state index contributed by atoms with van der Waals surface area (Å²) >= 11 is 1.92. The van der Waals surface area contributed by atoms with Crippen LogP contribution in [0.4, 0.5) is 5.69 Å². The predicted octanol–water partition coefficient (Wildman–Crippen LogP) is 4.40. The lowest BCUT2D eigenvalue weighted by atomic mass is 9.76. The summed E-state index contributed by atoms with van der Waals surface area (Å²) in [5.41, 5.74) is 2.97. The van der Waals surface area contributed by atoms with E-state index in [1.165, 1.54) is 0 Å². The normalized spacial score (nSPS) is 18.6. The van der Waals surface area contributed by atoms with E-state index in [9.17, 15) is 8.42 Å². The van der Waals surface area contributed by atoms with Gasteiger partial charge in [0.05, 0.1) is 23.2 Å². The van der Waals surface area contributed by atoms with Crippen molar-refractivity contribution in [3.05, 3.63) is 23.8 Å². The molecule has 1 unspecified atom stereocenters. The number of nitrogens with zero attached hydrogens (tertiary/aromatic N) is 1. The first-order valence-electron chi connectivity index (χ1n) is 9.68. The van der Waals surface area contributed by atoms with Gasteiger partial charge in [-0.3, -0.25) is 4.55 Å². The molecule has 0 aromatic heterocycles. The molecule has 0 amide bonds. The summed E-state index contributed by atoms with van der Waals surface area (Å²) in [5, 5.41) is 23.9. The molecule has 0 fully saturated rings. The molecule has 0 bridgehead atoms. The minimum absolute atomic E-state index is 0.256. The summed E-state index contributed by atoms with van der Waals surface area (Å²) in [6.45, 7) is 4.97. The zero-order valence-electron chi connectivity index (χ0n) is 17.4. The minimum Gasteiger partial charge on any atom is -0.286 e. The van der Waals surface area contributed by atoms with Gasteiger partial charge in [-0.15, -0.1) is 8.67 Å². The number of rotatable bonds is 15. The lowest BCUT2D eigenvalue weighted by Gasteiger charge is -2.22. The summed E-state index contributed by atoms with van der Waals surface area (Å²) < 4.78 is 42.3. The van der Waals surface area contributed by atoms with Crippen LogP contribution >= 0.6 is 24.1 Å². The van der Waals surface area contributed by atoms with Crippen molar-refractivity contribution in [3.8, 4) is 0 Å². The van der Waals surface area contributed by atoms with Crippen LogP contribution in [-0.2, 0) is 34.3 Å². The third-order valence-corrected chi connectivity index (χ3v) is 7.48. The van der Waals surface area contributed by atoms with E-state index in [0.29, 0.717) is 25.0 Å². The maximum absolute atomic E-state index is 11.0. The Balaban J connectivity index is 2.18. The van der Waals surface area contributed by atoms with E-state index in [1.807, 2.05) is 18.2 Å². The molecule has 0 saturated carbocycles. The van der Waals surface area contributed by atoms with Crippen LogP contribution in [0.15, 0.2) is 23.1 Å². The smallest absolute Gasteiger partial charge is 0.264 e. The minimum atomic E-state index is -3.97. The number of benzene rings is 1. The van der Waals surface area contributed by atoms with Crippen molar-refractivity contribution in [2.24, 2.45) is 0 Å². The lowest BCUT2D eigenvalue weighted by molar-refractivity contribution is -0.439. The van der Waals surface area contributed by atoms with Crippen molar-refractivity contribution in [2.75, 3.05) is 18.1 Å². The van der Waals surface area contributed by atoms with Crippen molar-refractivity contribution >= 4 is 45.6 Å². The highest BCUT2D eigenvalue weighted by Crippen LogP contribution is 2.44. The molecule has 0 aliphatic carbocycles. The molecule has 3 N–H and O–H groups in total. The van der Waals surface area contributed by atoms with Gasteiger partial charge in [0.25, 0.3) is 10.1 Å². The highest BCUT2D eigenvalue weighted by atomic mass is 32.2. The summed E-state index contributed by atoms with van der Waals surface area (Å²) in [7, 11) is -3.97. The SMILES string of the molecule is CC1=[N+](CCCCSOOO)c2ccc(SOOO)cc2C1(C)CCCCS(=O)(=O)O. The Hall–Kier alpha value is -0.740. The molecule has 10 nitrogen and oxygen atoms in total. The molecule has 13 heteroatoms. The number of fused-ring (bicyclic) bond motifs is 1. The van der Waals surface area contributed by atoms with Crippen LogP contribution < -0.4 is 0 Å². The molecular weight excluding hydrogens is 470 g/mol. The second-order valence-electron chi connectivity index (χ2n) is 7.39. The molecule has 0 spiro atoms. The van der Waals surface area contributed by atoms with E-state index < -0.39 is 10.1 Å². The molecule has 2 rings (SSSR count). The van der Waals surface area contributed by atoms with E-state index in [1.54, 1.807) is 0 Å². The first kappa shape index (κ1) is 26.5. The van der Waals surface area contributed by atoms with E-state index in [2.05, 4.69) is 37.2 Å². The topological polar surface area (TPSA) is 135 Å². The Labute approximate surface area is 190 Å². The standard InChI is InChI=1S/C18H27NO9S3/c1-14-18(2,9-3-6-12-31(22,23)24)16-13-15(30-28-26-21)7-8-17(16)19(14)10-4-5-11-29-27-25-20/h7-8,13H,3-6,9-12H2,1-2H3,(H2-,20,21,22,23,24)/p+1. The first-order chi connectivity index (χ1) is 14.7. The van der Waals surface area contributed by atoms with Crippen LogP contribution in [0.1, 0.15) is 51.5 Å². The third-order valence-electron chi connectivity index (χ3n) is 5.48. The molecule has 176 valence electrons. The summed E-state index contributed by atoms with van der Waals surface area (Å²) in [4.78, 5) is 0.754. The fraction of sp³-hybridized carbons (Fsp3) is 0.611. The van der Waals surface area contributed by atoms with Gasteiger partial charge in [-0.05, 0) is 38.3 Å². The van der Waals surface area contributed by atoms with Gasteiger partial charge in [0, 0.05) is 47.7 Å². The van der Waals surface area contributed by atoms with E-state index in [4.69, 9.17) is 15.1 Å². The molecule has 0 saturated heterocycles. The van der Waals surface area contributed by atoms with Crippen LogP contribution in [0.25, 0.3) is 0 Å². The number of unbranched alkanes of at least 4 members (excludes halogenated alkanes) is 2. The predicted molar refractivity (Wildman–Crippen MR) is 117 cm³/mol. The lowest BCUT2D eigenvalue weighted by Crippen LogP contribution is -2.30. The largest absolute Gasteiger partial charge is 0.286 e. The van der Waals surface area contributed by atoms with Crippen molar-refractivity contribution in [2.45, 2.75) is 56.3 Å². The van der Waals surface area contributed by atoms with Gasteiger partial charge < -0.3 is 0 Å². The van der Waals surface area contributed by atoms with E-state index in [0.717, 1.165) is 65.3 Å². The summed E-state index contributed by atoms with van der Waals surface area (Å²) in [6, 6.07) is 5.84. The van der Waals surface area contributed by atoms with Crippen molar-refractivity contribution in [1.29, 1.82) is 0 Å². The zero-order valence-corrected chi connectivity index (χ0v) is 19.8. The van der Waals surface area contributed by atoms with Crippen LogP contribution in [0.2, 0.25) is 0 Å². The number of hydrogen-bond acceptors (Lipinski definition) is 10. The van der Waals surface area contributed by atoms with Crippen molar-refractivity contribution in [1.82, 2.24) is 0 Å². The molecular formula is C18H28NO9S3+. The number of hydrogen-bond donors (Lipinski definition) is 3. The molecule has 1 aliphatic rings. The Morgan fingerprint density at radius 3 is 2.52 bits per heavy atom.